The van der Waals surface area contributed by atoms with Gasteiger partial charge in [-0.25, -0.2) is 0 Å². The molecule has 0 heterocycles. The van der Waals surface area contributed by atoms with Crippen molar-refractivity contribution in [3.05, 3.63) is 11.8 Å². The van der Waals surface area contributed by atoms with E-state index in [9.17, 15) is 0 Å². The second-order valence-electron chi connectivity index (χ2n) is 11.7. The Kier molecular flexibility index (Phi) is 11.8. The topological polar surface area (TPSA) is 36.9 Å². The van der Waals surface area contributed by atoms with Crippen molar-refractivity contribution in [3.63, 3.8) is 0 Å². The van der Waals surface area contributed by atoms with Crippen LogP contribution in [0.15, 0.2) is 11.8 Å². The van der Waals surface area contributed by atoms with E-state index >= 15 is 0 Å². The molecular weight excluding hydrogens is 449 g/mol. The molecule has 0 bridgehead atoms. The van der Waals surface area contributed by atoms with E-state index in [0.29, 0.717) is 5.54 Å². The van der Waals surface area contributed by atoms with Crippen LogP contribution in [0.4, 0.5) is 0 Å². The Balaban J connectivity index is 4.91. The van der Waals surface area contributed by atoms with E-state index in [0.717, 1.165) is 0 Å². The first-order chi connectivity index (χ1) is 12.3. The quantitative estimate of drug-likeness (QED) is 0.275. The normalized spacial score (nSPS) is 16.7. The lowest BCUT2D eigenvalue weighted by Gasteiger charge is -2.32. The maximum atomic E-state index is 6.40. The molecule has 0 aliphatic rings. The Morgan fingerprint density at radius 3 is 1.21 bits per heavy atom. The van der Waals surface area contributed by atoms with Gasteiger partial charge in [0, 0.05) is 0 Å². The summed E-state index contributed by atoms with van der Waals surface area (Å²) in [6, 6.07) is 0. The van der Waals surface area contributed by atoms with Crippen LogP contribution in [0, 0.1) is 0 Å². The van der Waals surface area contributed by atoms with Crippen molar-refractivity contribution in [2.45, 2.75) is 103 Å². The lowest BCUT2D eigenvalue weighted by molar-refractivity contribution is 0.0600. The first-order valence-corrected chi connectivity index (χ1v) is 27.5. The van der Waals surface area contributed by atoms with E-state index in [1.165, 1.54) is 0 Å². The van der Waals surface area contributed by atoms with Gasteiger partial charge in [0.25, 0.3) is 0 Å². The molecule has 0 fully saturated rings. The van der Waals surface area contributed by atoms with Gasteiger partial charge in [-0.15, -0.1) is 0 Å². The van der Waals surface area contributed by atoms with Gasteiger partial charge in [0.15, 0.2) is 33.3 Å². The summed E-state index contributed by atoms with van der Waals surface area (Å²) < 4.78 is 25.5. The van der Waals surface area contributed by atoms with Crippen LogP contribution < -0.4 is 0 Å². The van der Waals surface area contributed by atoms with Gasteiger partial charge in [0.1, 0.15) is 21.3 Å². The van der Waals surface area contributed by atoms with Gasteiger partial charge in [-0.2, -0.15) is 0 Å². The van der Waals surface area contributed by atoms with Gasteiger partial charge in [-0.1, -0.05) is 18.7 Å². The van der Waals surface area contributed by atoms with Crippen LogP contribution in [0.5, 0.6) is 0 Å². The van der Waals surface area contributed by atoms with Gasteiger partial charge in [-0.05, 0) is 84.1 Å². The molecule has 0 saturated heterocycles. The summed E-state index contributed by atoms with van der Waals surface area (Å²) in [5, 5.41) is 0. The molecule has 0 aliphatic heterocycles. The summed E-state index contributed by atoms with van der Waals surface area (Å²) in [4.78, 5) is 0. The van der Waals surface area contributed by atoms with Crippen LogP contribution in [-0.4, -0.2) is 64.1 Å². The van der Waals surface area contributed by atoms with Gasteiger partial charge < -0.3 is 17.7 Å². The highest BCUT2D eigenvalue weighted by atomic mass is 28.4. The second-order valence-corrected chi connectivity index (χ2v) is 33.5. The second kappa shape index (κ2) is 11.5. The summed E-state index contributed by atoms with van der Waals surface area (Å²) in [6.07, 6.45) is 2.39. The Morgan fingerprint density at radius 1 is 0.571 bits per heavy atom. The van der Waals surface area contributed by atoms with Crippen molar-refractivity contribution < 1.29 is 17.7 Å². The lowest BCUT2D eigenvalue weighted by atomic mass is 10.5. The fraction of sp³-hybridized carbons (Fsp3) is 0.889. The molecule has 0 aliphatic carbocycles. The molecule has 10 heteroatoms. The zero-order valence-corrected chi connectivity index (χ0v) is 27.8. The fourth-order valence-electron chi connectivity index (χ4n) is 2.62. The molecule has 0 rings (SSSR count). The number of allylic oxidation sites excluding steroid dienone is 1. The third-order valence-corrected chi connectivity index (χ3v) is 11.5. The van der Waals surface area contributed by atoms with Crippen LogP contribution in [0.2, 0.25) is 84.1 Å². The van der Waals surface area contributed by atoms with Gasteiger partial charge in [-0.3, -0.25) is 0 Å². The minimum Gasteiger partial charge on any atom is -0.398 e. The van der Waals surface area contributed by atoms with Gasteiger partial charge >= 0.3 is 0 Å². The minimum absolute atomic E-state index is 0.0238. The third-order valence-electron chi connectivity index (χ3n) is 3.30. The average molecular weight is 497 g/mol. The molecule has 0 N–H and O–H groups in total. The van der Waals surface area contributed by atoms with E-state index in [4.69, 9.17) is 17.7 Å². The molecule has 0 radical (unpaired) electrons. The monoisotopic (exact) mass is 496 g/mol. The van der Waals surface area contributed by atoms with Crippen LogP contribution in [0.3, 0.4) is 0 Å². The van der Waals surface area contributed by atoms with E-state index in [1.807, 2.05) is 0 Å². The first-order valence-electron chi connectivity index (χ1n) is 10.6. The molecule has 0 aromatic rings. The van der Waals surface area contributed by atoms with Gasteiger partial charge in [0.2, 0.25) is 0 Å². The van der Waals surface area contributed by atoms with Crippen LogP contribution in [0.1, 0.15) is 6.92 Å². The smallest absolute Gasteiger partial charge is 0.186 e. The minimum atomic E-state index is -1.60. The molecule has 4 nitrogen and oxygen atoms in total. The standard InChI is InChI=1S/C18H48O4Si6/c1-16(24-18(21-27(8,9)10)22-28(11,12)13)14-15-23-17(19-25(2,3)4)20-26(5,6)7/h14-18H,23-24H2,1-13H3/b15-14+. The Morgan fingerprint density at radius 2 is 0.893 bits per heavy atom. The van der Waals surface area contributed by atoms with Crippen molar-refractivity contribution in [2.24, 2.45) is 0 Å². The van der Waals surface area contributed by atoms with Crippen molar-refractivity contribution in [1.82, 2.24) is 0 Å². The summed E-state index contributed by atoms with van der Waals surface area (Å²) in [7, 11) is -7.51. The number of rotatable bonds is 13. The SMILES string of the molecule is CC(/C=C/[SiH2]C(O[Si](C)(C)C)O[Si](C)(C)C)[SiH2]C(O[Si](C)(C)C)O[Si](C)(C)C. The Hall–Kier alpha value is 0.881. The zero-order valence-electron chi connectivity index (χ0n) is 20.9. The third kappa shape index (κ3) is 18.9. The summed E-state index contributed by atoms with van der Waals surface area (Å²) in [5.74, 6) is 0.0719. The fourth-order valence-corrected chi connectivity index (χ4v) is 15.9. The predicted octanol–water partition coefficient (Wildman–Crippen LogP) is 4.62. The average Bonchev–Trinajstić information content (AvgIpc) is 2.29. The van der Waals surface area contributed by atoms with Gasteiger partial charge in [0.05, 0.1) is 9.52 Å². The van der Waals surface area contributed by atoms with Crippen LogP contribution in [-0.2, 0) is 17.7 Å². The molecule has 0 aromatic carbocycles. The maximum absolute atomic E-state index is 6.40. The van der Waals surface area contributed by atoms with E-state index in [-0.39, 0.29) is 11.8 Å². The summed E-state index contributed by atoms with van der Waals surface area (Å²) >= 11 is 0. The molecular formula is C18H48O4Si6. The van der Waals surface area contributed by atoms with Crippen molar-refractivity contribution in [3.8, 4) is 0 Å². The molecule has 0 aromatic heterocycles. The molecule has 168 valence electrons. The predicted molar refractivity (Wildman–Crippen MR) is 141 cm³/mol. The number of hydrogen-bond acceptors (Lipinski definition) is 4. The molecule has 1 unspecified atom stereocenters. The summed E-state index contributed by atoms with van der Waals surface area (Å²) in [6.45, 7) is 29.3. The van der Waals surface area contributed by atoms with Crippen molar-refractivity contribution in [1.29, 1.82) is 0 Å². The first kappa shape index (κ1) is 28.9. The van der Waals surface area contributed by atoms with E-state index in [1.54, 1.807) is 0 Å². The van der Waals surface area contributed by atoms with Crippen molar-refractivity contribution in [2.75, 3.05) is 0 Å². The van der Waals surface area contributed by atoms with E-state index in [2.05, 4.69) is 97.3 Å². The van der Waals surface area contributed by atoms with Crippen molar-refractivity contribution >= 4 is 52.3 Å². The Labute approximate surface area is 184 Å². The molecule has 28 heavy (non-hydrogen) atoms. The van der Waals surface area contributed by atoms with Crippen LogP contribution in [0.25, 0.3) is 0 Å². The van der Waals surface area contributed by atoms with E-state index < -0.39 is 52.3 Å². The highest BCUT2D eigenvalue weighted by Crippen LogP contribution is 2.18. The number of hydrogen-bond donors (Lipinski definition) is 0. The zero-order chi connectivity index (χ0) is 22.4. The molecule has 0 spiro atoms. The molecule has 0 saturated carbocycles. The largest absolute Gasteiger partial charge is 0.398 e. The maximum Gasteiger partial charge on any atom is 0.186 e. The molecule has 1 atom stereocenters. The Bertz CT molecular complexity index is 442. The van der Waals surface area contributed by atoms with Crippen LogP contribution >= 0.6 is 0 Å². The molecule has 0 amide bonds. The highest BCUT2D eigenvalue weighted by Gasteiger charge is 2.28. The highest BCUT2D eigenvalue weighted by molar-refractivity contribution is 6.72. The lowest BCUT2D eigenvalue weighted by Crippen LogP contribution is -2.43. The summed E-state index contributed by atoms with van der Waals surface area (Å²) in [5.41, 5.74) is 2.95.